The van der Waals surface area contributed by atoms with Crippen LogP contribution in [0.5, 0.6) is 5.75 Å². The Morgan fingerprint density at radius 1 is 1.11 bits per heavy atom. The van der Waals surface area contributed by atoms with Crippen LogP contribution in [0.15, 0.2) is 42.5 Å². The number of rotatable bonds is 5. The SMILES string of the molecule is CCc1cccc(OCc2cc(F)ccc2CN)c1. The Labute approximate surface area is 113 Å². The Morgan fingerprint density at radius 2 is 1.95 bits per heavy atom. The fraction of sp³-hybridized carbons (Fsp3) is 0.250. The monoisotopic (exact) mass is 259 g/mol. The van der Waals surface area contributed by atoms with Gasteiger partial charge in [-0.2, -0.15) is 0 Å². The van der Waals surface area contributed by atoms with Gasteiger partial charge in [0.25, 0.3) is 0 Å². The molecule has 0 spiro atoms. The maximum atomic E-state index is 13.2. The summed E-state index contributed by atoms with van der Waals surface area (Å²) in [6, 6.07) is 12.5. The van der Waals surface area contributed by atoms with Gasteiger partial charge in [-0.25, -0.2) is 4.39 Å². The predicted octanol–water partition coefficient (Wildman–Crippen LogP) is 3.43. The molecule has 0 aliphatic rings. The lowest BCUT2D eigenvalue weighted by Gasteiger charge is -2.11. The van der Waals surface area contributed by atoms with Crippen LogP contribution in [-0.2, 0) is 19.6 Å². The van der Waals surface area contributed by atoms with Crippen molar-refractivity contribution in [3.63, 3.8) is 0 Å². The van der Waals surface area contributed by atoms with Crippen molar-refractivity contribution in [2.75, 3.05) is 0 Å². The minimum atomic E-state index is -0.266. The summed E-state index contributed by atoms with van der Waals surface area (Å²) in [5.74, 6) is 0.532. The van der Waals surface area contributed by atoms with Gasteiger partial charge in [0.15, 0.2) is 0 Å². The average Bonchev–Trinajstić information content (AvgIpc) is 2.45. The van der Waals surface area contributed by atoms with Crippen molar-refractivity contribution in [3.8, 4) is 5.75 Å². The third-order valence-corrected chi connectivity index (χ3v) is 3.09. The molecular weight excluding hydrogens is 241 g/mol. The van der Waals surface area contributed by atoms with Crippen molar-refractivity contribution >= 4 is 0 Å². The molecule has 0 unspecified atom stereocenters. The van der Waals surface area contributed by atoms with Crippen LogP contribution in [0, 0.1) is 5.82 Å². The van der Waals surface area contributed by atoms with Gasteiger partial charge in [0.1, 0.15) is 18.2 Å². The van der Waals surface area contributed by atoms with Gasteiger partial charge >= 0.3 is 0 Å². The van der Waals surface area contributed by atoms with Crippen LogP contribution in [-0.4, -0.2) is 0 Å². The van der Waals surface area contributed by atoms with Gasteiger partial charge in [-0.15, -0.1) is 0 Å². The predicted molar refractivity (Wildman–Crippen MR) is 74.4 cm³/mol. The van der Waals surface area contributed by atoms with E-state index in [0.717, 1.165) is 23.3 Å². The summed E-state index contributed by atoms with van der Waals surface area (Å²) in [5.41, 5.74) is 8.56. The smallest absolute Gasteiger partial charge is 0.123 e. The fourth-order valence-corrected chi connectivity index (χ4v) is 1.94. The number of ether oxygens (including phenoxy) is 1. The van der Waals surface area contributed by atoms with Crippen LogP contribution < -0.4 is 10.5 Å². The number of nitrogens with two attached hydrogens (primary N) is 1. The molecule has 3 heteroatoms. The first-order chi connectivity index (χ1) is 9.22. The topological polar surface area (TPSA) is 35.2 Å². The van der Waals surface area contributed by atoms with E-state index < -0.39 is 0 Å². The second kappa shape index (κ2) is 6.34. The lowest BCUT2D eigenvalue weighted by atomic mass is 10.1. The summed E-state index contributed by atoms with van der Waals surface area (Å²) in [6.07, 6.45) is 0.964. The van der Waals surface area contributed by atoms with Crippen LogP contribution in [0.1, 0.15) is 23.6 Å². The van der Waals surface area contributed by atoms with Gasteiger partial charge in [0, 0.05) is 6.54 Å². The number of halogens is 1. The molecule has 0 aliphatic heterocycles. The molecule has 2 aromatic carbocycles. The third kappa shape index (κ3) is 3.55. The molecule has 0 aliphatic carbocycles. The lowest BCUT2D eigenvalue weighted by Crippen LogP contribution is -2.05. The number of hydrogen-bond donors (Lipinski definition) is 1. The van der Waals surface area contributed by atoms with Gasteiger partial charge in [-0.05, 0) is 47.4 Å². The Morgan fingerprint density at radius 3 is 2.68 bits per heavy atom. The summed E-state index contributed by atoms with van der Waals surface area (Å²) in [7, 11) is 0. The molecule has 19 heavy (non-hydrogen) atoms. The normalized spacial score (nSPS) is 10.5. The summed E-state index contributed by atoms with van der Waals surface area (Å²) >= 11 is 0. The second-order valence-corrected chi connectivity index (χ2v) is 4.41. The molecule has 0 fully saturated rings. The summed E-state index contributed by atoms with van der Waals surface area (Å²) < 4.78 is 18.9. The van der Waals surface area contributed by atoms with Crippen LogP contribution in [0.2, 0.25) is 0 Å². The summed E-state index contributed by atoms with van der Waals surface area (Å²) in [4.78, 5) is 0. The maximum absolute atomic E-state index is 13.2. The van der Waals surface area contributed by atoms with Crippen molar-refractivity contribution in [1.82, 2.24) is 0 Å². The quantitative estimate of drug-likeness (QED) is 0.893. The second-order valence-electron chi connectivity index (χ2n) is 4.41. The average molecular weight is 259 g/mol. The van der Waals surface area contributed by atoms with E-state index in [2.05, 4.69) is 13.0 Å². The Bertz CT molecular complexity index is 554. The highest BCUT2D eigenvalue weighted by molar-refractivity contribution is 5.31. The standard InChI is InChI=1S/C16H18FNO/c1-2-12-4-3-5-16(8-12)19-11-14-9-15(17)7-6-13(14)10-18/h3-9H,2,10-11,18H2,1H3. The van der Waals surface area contributed by atoms with E-state index in [4.69, 9.17) is 10.5 Å². The third-order valence-electron chi connectivity index (χ3n) is 3.09. The van der Waals surface area contributed by atoms with Gasteiger partial charge in [-0.1, -0.05) is 25.1 Å². The molecule has 0 aromatic heterocycles. The van der Waals surface area contributed by atoms with E-state index >= 15 is 0 Å². The molecule has 0 bridgehead atoms. The van der Waals surface area contributed by atoms with Crippen LogP contribution in [0.4, 0.5) is 4.39 Å². The van der Waals surface area contributed by atoms with E-state index in [9.17, 15) is 4.39 Å². The van der Waals surface area contributed by atoms with Crippen LogP contribution in [0.3, 0.4) is 0 Å². The lowest BCUT2D eigenvalue weighted by molar-refractivity contribution is 0.304. The Balaban J connectivity index is 2.11. The zero-order chi connectivity index (χ0) is 13.7. The fourth-order valence-electron chi connectivity index (χ4n) is 1.94. The van der Waals surface area contributed by atoms with Crippen molar-refractivity contribution in [2.24, 2.45) is 5.73 Å². The molecule has 2 nitrogen and oxygen atoms in total. The summed E-state index contributed by atoms with van der Waals surface area (Å²) in [6.45, 7) is 2.81. The molecule has 2 rings (SSSR count). The molecule has 0 amide bonds. The molecule has 2 aromatic rings. The largest absolute Gasteiger partial charge is 0.489 e. The van der Waals surface area contributed by atoms with E-state index in [1.807, 2.05) is 18.2 Å². The maximum Gasteiger partial charge on any atom is 0.123 e. The molecule has 0 heterocycles. The Hall–Kier alpha value is -1.87. The highest BCUT2D eigenvalue weighted by Gasteiger charge is 2.04. The van der Waals surface area contributed by atoms with Gasteiger partial charge in [0.2, 0.25) is 0 Å². The van der Waals surface area contributed by atoms with Crippen molar-refractivity contribution < 1.29 is 9.13 Å². The van der Waals surface area contributed by atoms with Gasteiger partial charge in [0.05, 0.1) is 0 Å². The zero-order valence-corrected chi connectivity index (χ0v) is 11.0. The van der Waals surface area contributed by atoms with Gasteiger partial charge < -0.3 is 10.5 Å². The number of aryl methyl sites for hydroxylation is 1. The number of benzene rings is 2. The first-order valence-electron chi connectivity index (χ1n) is 6.42. The molecule has 2 N–H and O–H groups in total. The van der Waals surface area contributed by atoms with Crippen molar-refractivity contribution in [2.45, 2.75) is 26.5 Å². The van der Waals surface area contributed by atoms with E-state index in [-0.39, 0.29) is 5.82 Å². The molecular formula is C16H18FNO. The van der Waals surface area contributed by atoms with Gasteiger partial charge in [-0.3, -0.25) is 0 Å². The first kappa shape index (κ1) is 13.6. The molecule has 0 saturated carbocycles. The first-order valence-corrected chi connectivity index (χ1v) is 6.42. The van der Waals surface area contributed by atoms with Crippen molar-refractivity contribution in [1.29, 1.82) is 0 Å². The minimum absolute atomic E-state index is 0.266. The van der Waals surface area contributed by atoms with E-state index in [1.165, 1.54) is 17.7 Å². The molecule has 0 atom stereocenters. The van der Waals surface area contributed by atoms with Crippen molar-refractivity contribution in [3.05, 3.63) is 65.0 Å². The summed E-state index contributed by atoms with van der Waals surface area (Å²) in [5, 5.41) is 0. The highest BCUT2D eigenvalue weighted by atomic mass is 19.1. The number of hydrogen-bond acceptors (Lipinski definition) is 2. The molecule has 0 radical (unpaired) electrons. The zero-order valence-electron chi connectivity index (χ0n) is 11.0. The van der Waals surface area contributed by atoms with E-state index in [0.29, 0.717) is 13.2 Å². The highest BCUT2D eigenvalue weighted by Crippen LogP contribution is 2.17. The van der Waals surface area contributed by atoms with E-state index in [1.54, 1.807) is 6.07 Å². The van der Waals surface area contributed by atoms with Crippen LogP contribution in [0.25, 0.3) is 0 Å². The minimum Gasteiger partial charge on any atom is -0.489 e. The Kier molecular flexibility index (Phi) is 4.53. The molecule has 0 saturated heterocycles. The van der Waals surface area contributed by atoms with Crippen LogP contribution >= 0.6 is 0 Å². The molecule has 100 valence electrons.